The third-order valence-electron chi connectivity index (χ3n) is 3.62. The van der Waals surface area contributed by atoms with E-state index in [0.29, 0.717) is 0 Å². The Kier molecular flexibility index (Phi) is 4.11. The Hall–Kier alpha value is -1.13. The van der Waals surface area contributed by atoms with Crippen molar-refractivity contribution in [2.75, 3.05) is 25.1 Å². The van der Waals surface area contributed by atoms with Gasteiger partial charge in [-0.1, -0.05) is 20.8 Å². The number of methoxy groups -OCH3 is 1. The first-order valence-corrected chi connectivity index (χ1v) is 6.84. The van der Waals surface area contributed by atoms with Crippen LogP contribution >= 0.6 is 0 Å². The Morgan fingerprint density at radius 2 is 2.16 bits per heavy atom. The van der Waals surface area contributed by atoms with E-state index in [1.54, 1.807) is 7.11 Å². The summed E-state index contributed by atoms with van der Waals surface area (Å²) >= 11 is 0. The van der Waals surface area contributed by atoms with Gasteiger partial charge in [-0.2, -0.15) is 0 Å². The fourth-order valence-corrected chi connectivity index (χ4v) is 2.34. The average Bonchev–Trinajstić information content (AvgIpc) is 2.86. The highest BCUT2D eigenvalue weighted by atomic mass is 16.5. The number of nitrogens with zero attached hydrogens (tertiary/aromatic N) is 2. The van der Waals surface area contributed by atoms with Crippen molar-refractivity contribution >= 4 is 5.82 Å². The first-order valence-electron chi connectivity index (χ1n) is 6.84. The van der Waals surface area contributed by atoms with E-state index in [9.17, 15) is 5.11 Å². The van der Waals surface area contributed by atoms with Crippen LogP contribution in [0.2, 0.25) is 0 Å². The van der Waals surface area contributed by atoms with Crippen LogP contribution in [0.15, 0.2) is 12.1 Å². The van der Waals surface area contributed by atoms with E-state index in [1.165, 1.54) is 0 Å². The number of aliphatic hydroxyl groups is 1. The van der Waals surface area contributed by atoms with Gasteiger partial charge in [0.25, 0.3) is 0 Å². The summed E-state index contributed by atoms with van der Waals surface area (Å²) in [4.78, 5) is 7.00. The van der Waals surface area contributed by atoms with Crippen molar-refractivity contribution in [3.05, 3.63) is 23.4 Å². The van der Waals surface area contributed by atoms with E-state index < -0.39 is 0 Å². The lowest BCUT2D eigenvalue weighted by atomic mass is 9.91. The molecule has 0 bridgehead atoms. The molecule has 1 N–H and O–H groups in total. The van der Waals surface area contributed by atoms with Gasteiger partial charge in [0.05, 0.1) is 12.7 Å². The van der Waals surface area contributed by atoms with E-state index in [1.807, 2.05) is 12.1 Å². The molecule has 1 saturated heterocycles. The zero-order valence-corrected chi connectivity index (χ0v) is 12.3. The second-order valence-electron chi connectivity index (χ2n) is 6.22. The lowest BCUT2D eigenvalue weighted by Crippen LogP contribution is -2.25. The maximum atomic E-state index is 9.42. The van der Waals surface area contributed by atoms with Crippen LogP contribution in [0.3, 0.4) is 0 Å². The summed E-state index contributed by atoms with van der Waals surface area (Å²) in [5.74, 6) is 0.955. The predicted octanol–water partition coefficient (Wildman–Crippen LogP) is 2.10. The number of aromatic nitrogens is 1. The maximum absolute atomic E-state index is 9.42. The Morgan fingerprint density at radius 1 is 1.42 bits per heavy atom. The van der Waals surface area contributed by atoms with E-state index >= 15 is 0 Å². The summed E-state index contributed by atoms with van der Waals surface area (Å²) < 4.78 is 5.40. The van der Waals surface area contributed by atoms with E-state index in [2.05, 4.69) is 25.7 Å². The number of aliphatic hydroxyl groups excluding tert-OH is 1. The normalized spacial score (nSPS) is 20.1. The van der Waals surface area contributed by atoms with Crippen molar-refractivity contribution in [1.29, 1.82) is 0 Å². The molecule has 0 amide bonds. The van der Waals surface area contributed by atoms with Gasteiger partial charge in [0, 0.05) is 31.3 Å². The number of ether oxygens (including phenoxy) is 1. The molecule has 1 unspecified atom stereocenters. The van der Waals surface area contributed by atoms with Crippen LogP contribution in [-0.4, -0.2) is 36.4 Å². The van der Waals surface area contributed by atoms with Crippen LogP contribution in [0.1, 0.15) is 38.4 Å². The number of hydrogen-bond donors (Lipinski definition) is 1. The van der Waals surface area contributed by atoms with Crippen LogP contribution < -0.4 is 4.90 Å². The van der Waals surface area contributed by atoms with Crippen LogP contribution in [0.4, 0.5) is 5.82 Å². The molecule has 19 heavy (non-hydrogen) atoms. The number of rotatable bonds is 3. The molecule has 1 aromatic rings. The van der Waals surface area contributed by atoms with Crippen molar-refractivity contribution in [1.82, 2.24) is 4.98 Å². The first kappa shape index (κ1) is 14.3. The quantitative estimate of drug-likeness (QED) is 0.908. The van der Waals surface area contributed by atoms with E-state index in [4.69, 9.17) is 9.72 Å². The van der Waals surface area contributed by atoms with Crippen molar-refractivity contribution in [3.8, 4) is 0 Å². The molecular weight excluding hydrogens is 240 g/mol. The Labute approximate surface area is 115 Å². The minimum Gasteiger partial charge on any atom is -0.392 e. The SMILES string of the molecule is COC1CCN(c2cc(CO)cc(C(C)(C)C)n2)C1. The Balaban J connectivity index is 2.30. The lowest BCUT2D eigenvalue weighted by Gasteiger charge is -2.23. The minimum absolute atomic E-state index is 0.0136. The smallest absolute Gasteiger partial charge is 0.129 e. The van der Waals surface area contributed by atoms with Gasteiger partial charge in [-0.15, -0.1) is 0 Å². The van der Waals surface area contributed by atoms with Gasteiger partial charge in [0.2, 0.25) is 0 Å². The lowest BCUT2D eigenvalue weighted by molar-refractivity contribution is 0.121. The van der Waals surface area contributed by atoms with Crippen molar-refractivity contribution in [2.45, 2.75) is 45.3 Å². The summed E-state index contributed by atoms with van der Waals surface area (Å²) in [6.45, 7) is 8.32. The van der Waals surface area contributed by atoms with Gasteiger partial charge >= 0.3 is 0 Å². The predicted molar refractivity (Wildman–Crippen MR) is 76.5 cm³/mol. The zero-order valence-electron chi connectivity index (χ0n) is 12.3. The van der Waals surface area contributed by atoms with Gasteiger partial charge in [-0.05, 0) is 24.1 Å². The second kappa shape index (κ2) is 5.47. The summed E-state index contributed by atoms with van der Waals surface area (Å²) in [5.41, 5.74) is 1.94. The van der Waals surface area contributed by atoms with E-state index in [0.717, 1.165) is 36.6 Å². The monoisotopic (exact) mass is 264 g/mol. The van der Waals surface area contributed by atoms with E-state index in [-0.39, 0.29) is 18.1 Å². The van der Waals surface area contributed by atoms with Crippen molar-refractivity contribution < 1.29 is 9.84 Å². The molecule has 0 spiro atoms. The van der Waals surface area contributed by atoms with Gasteiger partial charge < -0.3 is 14.7 Å². The topological polar surface area (TPSA) is 45.6 Å². The summed E-state index contributed by atoms with van der Waals surface area (Å²) in [6, 6.07) is 3.97. The number of hydrogen-bond acceptors (Lipinski definition) is 4. The molecule has 0 saturated carbocycles. The standard InChI is InChI=1S/C15H24N2O2/c1-15(2,3)13-7-11(10-18)8-14(16-13)17-6-5-12(9-17)19-4/h7-8,12,18H,5-6,9-10H2,1-4H3. The second-order valence-corrected chi connectivity index (χ2v) is 6.22. The molecule has 1 aliphatic rings. The Morgan fingerprint density at radius 3 is 2.68 bits per heavy atom. The van der Waals surface area contributed by atoms with Crippen molar-refractivity contribution in [2.24, 2.45) is 0 Å². The number of pyridine rings is 1. The molecule has 2 heterocycles. The molecule has 0 radical (unpaired) electrons. The van der Waals surface area contributed by atoms with Gasteiger partial charge in [0.15, 0.2) is 0 Å². The highest BCUT2D eigenvalue weighted by Crippen LogP contribution is 2.27. The van der Waals surface area contributed by atoms with Crippen LogP contribution in [0.5, 0.6) is 0 Å². The average molecular weight is 264 g/mol. The van der Waals surface area contributed by atoms with Gasteiger partial charge in [-0.3, -0.25) is 0 Å². The molecule has 1 atom stereocenters. The van der Waals surface area contributed by atoms with Crippen LogP contribution in [0, 0.1) is 0 Å². The molecule has 106 valence electrons. The third kappa shape index (κ3) is 3.25. The zero-order chi connectivity index (χ0) is 14.0. The highest BCUT2D eigenvalue weighted by molar-refractivity contribution is 5.45. The van der Waals surface area contributed by atoms with Gasteiger partial charge in [0.1, 0.15) is 5.82 Å². The van der Waals surface area contributed by atoms with Crippen molar-refractivity contribution in [3.63, 3.8) is 0 Å². The highest BCUT2D eigenvalue weighted by Gasteiger charge is 2.25. The third-order valence-corrected chi connectivity index (χ3v) is 3.62. The number of anilines is 1. The largest absolute Gasteiger partial charge is 0.392 e. The summed E-state index contributed by atoms with van der Waals surface area (Å²) in [7, 11) is 1.76. The maximum Gasteiger partial charge on any atom is 0.129 e. The first-order chi connectivity index (χ1) is 8.94. The minimum atomic E-state index is -0.0136. The molecule has 0 aromatic carbocycles. The summed E-state index contributed by atoms with van der Waals surface area (Å²) in [5, 5.41) is 9.42. The molecule has 1 aliphatic heterocycles. The fourth-order valence-electron chi connectivity index (χ4n) is 2.34. The molecule has 1 fully saturated rings. The summed E-state index contributed by atoms with van der Waals surface area (Å²) in [6.07, 6.45) is 1.32. The molecule has 4 heteroatoms. The molecule has 4 nitrogen and oxygen atoms in total. The fraction of sp³-hybridized carbons (Fsp3) is 0.667. The van der Waals surface area contributed by atoms with Crippen LogP contribution in [-0.2, 0) is 16.8 Å². The van der Waals surface area contributed by atoms with Crippen LogP contribution in [0.25, 0.3) is 0 Å². The molecule has 0 aliphatic carbocycles. The Bertz CT molecular complexity index is 440. The molecular formula is C15H24N2O2. The molecule has 2 rings (SSSR count). The van der Waals surface area contributed by atoms with Gasteiger partial charge in [-0.25, -0.2) is 4.98 Å². The molecule has 1 aromatic heterocycles.